The van der Waals surface area contributed by atoms with E-state index in [1.54, 1.807) is 12.1 Å². The molecule has 0 aromatic heterocycles. The Morgan fingerprint density at radius 3 is 2.70 bits per heavy atom. The second-order valence-corrected chi connectivity index (χ2v) is 6.52. The Morgan fingerprint density at radius 1 is 1.40 bits per heavy atom. The molecule has 1 aliphatic rings. The molecule has 1 unspecified atom stereocenters. The summed E-state index contributed by atoms with van der Waals surface area (Å²) in [5, 5.41) is 8.38. The van der Waals surface area contributed by atoms with Gasteiger partial charge >= 0.3 is 0 Å². The van der Waals surface area contributed by atoms with Gasteiger partial charge in [-0.3, -0.25) is 4.90 Å². The van der Waals surface area contributed by atoms with E-state index in [9.17, 15) is 8.42 Å². The summed E-state index contributed by atoms with van der Waals surface area (Å²) in [5.74, 6) is 0.653. The Hall–Kier alpha value is -1.15. The number of nitrogens with zero attached hydrogens (tertiary/aromatic N) is 1. The summed E-state index contributed by atoms with van der Waals surface area (Å²) in [4.78, 5) is 2.47. The summed E-state index contributed by atoms with van der Waals surface area (Å²) < 4.78 is 27.9. The first-order valence-electron chi connectivity index (χ1n) is 6.67. The highest BCUT2D eigenvalue weighted by atomic mass is 32.2. The van der Waals surface area contributed by atoms with Gasteiger partial charge in [-0.1, -0.05) is 0 Å². The van der Waals surface area contributed by atoms with Gasteiger partial charge in [-0.05, 0) is 31.2 Å². The van der Waals surface area contributed by atoms with Crippen LogP contribution in [0.25, 0.3) is 0 Å². The maximum absolute atomic E-state index is 11.1. The standard InChI is InChI=1S/C13H21N3O3S/c1-11-10-15-6-7-16(11)8-9-19-12-2-4-13(5-3-12)20(14,17)18/h2-5,11,15H,6-10H2,1H3,(H2,14,17,18). The smallest absolute Gasteiger partial charge is 0.238 e. The summed E-state index contributed by atoms with van der Waals surface area (Å²) >= 11 is 0. The lowest BCUT2D eigenvalue weighted by molar-refractivity contribution is 0.143. The zero-order valence-corrected chi connectivity index (χ0v) is 12.4. The topological polar surface area (TPSA) is 84.7 Å². The fourth-order valence-corrected chi connectivity index (χ4v) is 2.74. The first-order chi connectivity index (χ1) is 9.47. The number of ether oxygens (including phenoxy) is 1. The third-order valence-corrected chi connectivity index (χ3v) is 4.37. The summed E-state index contributed by atoms with van der Waals surface area (Å²) in [7, 11) is -3.64. The van der Waals surface area contributed by atoms with Crippen LogP contribution < -0.4 is 15.2 Å². The van der Waals surface area contributed by atoms with E-state index in [-0.39, 0.29) is 4.90 Å². The maximum atomic E-state index is 11.1. The Labute approximate surface area is 120 Å². The SMILES string of the molecule is CC1CNCCN1CCOc1ccc(S(N)(=O)=O)cc1. The monoisotopic (exact) mass is 299 g/mol. The van der Waals surface area contributed by atoms with E-state index in [0.717, 1.165) is 26.2 Å². The van der Waals surface area contributed by atoms with Crippen LogP contribution in [0.1, 0.15) is 6.92 Å². The Bertz CT molecular complexity index is 530. The molecule has 1 aromatic rings. The second kappa shape index (κ2) is 6.53. The average Bonchev–Trinajstić information content (AvgIpc) is 2.40. The van der Waals surface area contributed by atoms with Crippen LogP contribution in [0.2, 0.25) is 0 Å². The van der Waals surface area contributed by atoms with E-state index in [1.165, 1.54) is 12.1 Å². The minimum Gasteiger partial charge on any atom is -0.492 e. The van der Waals surface area contributed by atoms with Gasteiger partial charge < -0.3 is 10.1 Å². The molecule has 1 fully saturated rings. The zero-order chi connectivity index (χ0) is 14.6. The zero-order valence-electron chi connectivity index (χ0n) is 11.6. The Balaban J connectivity index is 1.82. The summed E-state index contributed by atoms with van der Waals surface area (Å²) in [6, 6.07) is 6.68. The van der Waals surface area contributed by atoms with Crippen molar-refractivity contribution in [2.75, 3.05) is 32.8 Å². The molecule has 7 heteroatoms. The van der Waals surface area contributed by atoms with Crippen molar-refractivity contribution in [1.82, 2.24) is 10.2 Å². The predicted molar refractivity (Wildman–Crippen MR) is 77.2 cm³/mol. The van der Waals surface area contributed by atoms with Gasteiger partial charge in [0, 0.05) is 32.2 Å². The van der Waals surface area contributed by atoms with Crippen LogP contribution in [-0.4, -0.2) is 52.1 Å². The van der Waals surface area contributed by atoms with Crippen LogP contribution in [-0.2, 0) is 10.0 Å². The van der Waals surface area contributed by atoms with E-state index >= 15 is 0 Å². The lowest BCUT2D eigenvalue weighted by Gasteiger charge is -2.33. The molecule has 20 heavy (non-hydrogen) atoms. The quantitative estimate of drug-likeness (QED) is 0.800. The van der Waals surface area contributed by atoms with Gasteiger partial charge in [-0.15, -0.1) is 0 Å². The van der Waals surface area contributed by atoms with Crippen molar-refractivity contribution in [1.29, 1.82) is 0 Å². The average molecular weight is 299 g/mol. The van der Waals surface area contributed by atoms with Crippen LogP contribution in [0.5, 0.6) is 5.75 Å². The first kappa shape index (κ1) is 15.2. The van der Waals surface area contributed by atoms with E-state index in [2.05, 4.69) is 17.1 Å². The molecule has 1 aliphatic heterocycles. The molecule has 3 N–H and O–H groups in total. The number of hydrogen-bond donors (Lipinski definition) is 2. The van der Waals surface area contributed by atoms with Gasteiger partial charge in [0.25, 0.3) is 0 Å². The molecule has 0 amide bonds. The molecule has 1 saturated heterocycles. The summed E-state index contributed by atoms with van der Waals surface area (Å²) in [6.45, 7) is 6.66. The highest BCUT2D eigenvalue weighted by Gasteiger charge is 2.17. The lowest BCUT2D eigenvalue weighted by atomic mass is 10.2. The molecule has 112 valence electrons. The van der Waals surface area contributed by atoms with E-state index < -0.39 is 10.0 Å². The van der Waals surface area contributed by atoms with Gasteiger partial charge in [-0.25, -0.2) is 13.6 Å². The largest absolute Gasteiger partial charge is 0.492 e. The molecule has 1 heterocycles. The molecule has 6 nitrogen and oxygen atoms in total. The molecular formula is C13H21N3O3S. The Morgan fingerprint density at radius 2 is 2.10 bits per heavy atom. The van der Waals surface area contributed by atoms with Crippen molar-refractivity contribution < 1.29 is 13.2 Å². The van der Waals surface area contributed by atoms with Gasteiger partial charge in [0.1, 0.15) is 12.4 Å². The van der Waals surface area contributed by atoms with Gasteiger partial charge in [0.2, 0.25) is 10.0 Å². The van der Waals surface area contributed by atoms with E-state index in [4.69, 9.17) is 9.88 Å². The van der Waals surface area contributed by atoms with Crippen LogP contribution >= 0.6 is 0 Å². The van der Waals surface area contributed by atoms with Crippen LogP contribution in [0.15, 0.2) is 29.2 Å². The van der Waals surface area contributed by atoms with E-state index in [0.29, 0.717) is 18.4 Å². The van der Waals surface area contributed by atoms with Gasteiger partial charge in [-0.2, -0.15) is 0 Å². The number of primary sulfonamides is 1. The van der Waals surface area contributed by atoms with Crippen molar-refractivity contribution in [2.45, 2.75) is 17.9 Å². The molecular weight excluding hydrogens is 278 g/mol. The number of nitrogens with two attached hydrogens (primary N) is 1. The minimum absolute atomic E-state index is 0.0978. The fraction of sp³-hybridized carbons (Fsp3) is 0.538. The molecule has 0 aliphatic carbocycles. The van der Waals surface area contributed by atoms with Gasteiger partial charge in [0.15, 0.2) is 0 Å². The van der Waals surface area contributed by atoms with Gasteiger partial charge in [0.05, 0.1) is 4.90 Å². The number of benzene rings is 1. The highest BCUT2D eigenvalue weighted by molar-refractivity contribution is 7.89. The summed E-state index contributed by atoms with van der Waals surface area (Å²) in [5.41, 5.74) is 0. The van der Waals surface area contributed by atoms with Crippen molar-refractivity contribution in [3.05, 3.63) is 24.3 Å². The molecule has 0 spiro atoms. The van der Waals surface area contributed by atoms with Crippen LogP contribution in [0.3, 0.4) is 0 Å². The van der Waals surface area contributed by atoms with E-state index in [1.807, 2.05) is 0 Å². The summed E-state index contributed by atoms with van der Waals surface area (Å²) in [6.07, 6.45) is 0. The molecule has 0 radical (unpaired) electrons. The highest BCUT2D eigenvalue weighted by Crippen LogP contribution is 2.15. The van der Waals surface area contributed by atoms with Crippen molar-refractivity contribution >= 4 is 10.0 Å². The molecule has 0 bridgehead atoms. The third-order valence-electron chi connectivity index (χ3n) is 3.44. The number of nitrogens with one attached hydrogen (secondary N) is 1. The number of sulfonamides is 1. The number of piperazine rings is 1. The van der Waals surface area contributed by atoms with Crippen LogP contribution in [0, 0.1) is 0 Å². The first-order valence-corrected chi connectivity index (χ1v) is 8.22. The molecule has 2 rings (SSSR count). The number of hydrogen-bond acceptors (Lipinski definition) is 5. The molecule has 1 atom stereocenters. The third kappa shape index (κ3) is 4.17. The molecule has 0 saturated carbocycles. The predicted octanol–water partition coefficient (Wildman–Crippen LogP) is 0.00650. The van der Waals surface area contributed by atoms with Crippen molar-refractivity contribution in [2.24, 2.45) is 5.14 Å². The number of rotatable bonds is 5. The second-order valence-electron chi connectivity index (χ2n) is 4.95. The normalized spacial score (nSPS) is 20.8. The van der Waals surface area contributed by atoms with Crippen LogP contribution in [0.4, 0.5) is 0 Å². The molecule has 1 aromatic carbocycles. The van der Waals surface area contributed by atoms with Crippen molar-refractivity contribution in [3.8, 4) is 5.75 Å². The van der Waals surface area contributed by atoms with Crippen molar-refractivity contribution in [3.63, 3.8) is 0 Å². The Kier molecular flexibility index (Phi) is 4.98. The lowest BCUT2D eigenvalue weighted by Crippen LogP contribution is -2.50. The maximum Gasteiger partial charge on any atom is 0.238 e. The fourth-order valence-electron chi connectivity index (χ4n) is 2.22. The minimum atomic E-state index is -3.64.